The van der Waals surface area contributed by atoms with E-state index >= 15 is 0 Å². The second-order valence-corrected chi connectivity index (χ2v) is 6.04. The third kappa shape index (κ3) is 6.40. The van der Waals surface area contributed by atoms with Crippen molar-refractivity contribution in [3.8, 4) is 0 Å². The smallest absolute Gasteiger partial charge is 0.220 e. The second kappa shape index (κ2) is 8.28. The van der Waals surface area contributed by atoms with Gasteiger partial charge in [-0.2, -0.15) is 0 Å². The molecule has 0 bridgehead atoms. The molecule has 3 nitrogen and oxygen atoms in total. The van der Waals surface area contributed by atoms with Crippen LogP contribution in [0.2, 0.25) is 0 Å². The van der Waals surface area contributed by atoms with Crippen LogP contribution in [-0.4, -0.2) is 18.5 Å². The quantitative estimate of drug-likeness (QED) is 0.848. The Morgan fingerprint density at radius 2 is 1.85 bits per heavy atom. The Morgan fingerprint density at radius 1 is 1.30 bits per heavy atom. The van der Waals surface area contributed by atoms with E-state index in [0.29, 0.717) is 13.0 Å². The number of hydrogen-bond acceptors (Lipinski definition) is 2. The Hall–Kier alpha value is -1.06. The topological polar surface area (TPSA) is 55.1 Å². The molecule has 0 heterocycles. The number of nitrogens with two attached hydrogens (primary N) is 1. The summed E-state index contributed by atoms with van der Waals surface area (Å²) in [5.74, 6) is 0.0810. The summed E-state index contributed by atoms with van der Waals surface area (Å²) in [6.45, 7) is 8.93. The molecule has 1 aromatic carbocycles. The van der Waals surface area contributed by atoms with Crippen LogP contribution in [0.25, 0.3) is 0 Å². The number of benzene rings is 1. The van der Waals surface area contributed by atoms with E-state index < -0.39 is 0 Å². The van der Waals surface area contributed by atoms with Crippen LogP contribution in [0, 0.1) is 6.92 Å². The van der Waals surface area contributed by atoms with Crippen molar-refractivity contribution in [3.05, 3.63) is 35.4 Å². The standard InChI is InChI=1S/C16H26N2O.ClH/c1-12-5-8-14(9-6-12)16(3,4)11-18-15(19)10-7-13(2)17;/h5-6,8-9,13H,7,10-11,17H2,1-4H3,(H,18,19);1H. The molecule has 0 aliphatic heterocycles. The van der Waals surface area contributed by atoms with Crippen LogP contribution in [-0.2, 0) is 10.2 Å². The van der Waals surface area contributed by atoms with Gasteiger partial charge in [-0.1, -0.05) is 43.7 Å². The molecule has 3 N–H and O–H groups in total. The molecule has 0 radical (unpaired) electrons. The molecule has 1 amide bonds. The lowest BCUT2D eigenvalue weighted by Gasteiger charge is -2.26. The average molecular weight is 299 g/mol. The molecular formula is C16H27ClN2O. The zero-order valence-corrected chi connectivity index (χ0v) is 13.7. The highest BCUT2D eigenvalue weighted by Gasteiger charge is 2.21. The van der Waals surface area contributed by atoms with Crippen molar-refractivity contribution in [2.45, 2.75) is 52.0 Å². The fraction of sp³-hybridized carbons (Fsp3) is 0.562. The number of aryl methyl sites for hydroxylation is 1. The van der Waals surface area contributed by atoms with Crippen molar-refractivity contribution in [1.82, 2.24) is 5.32 Å². The largest absolute Gasteiger partial charge is 0.355 e. The van der Waals surface area contributed by atoms with E-state index in [-0.39, 0.29) is 29.8 Å². The van der Waals surface area contributed by atoms with Crippen LogP contribution in [0.1, 0.15) is 44.7 Å². The van der Waals surface area contributed by atoms with Gasteiger partial charge in [0, 0.05) is 24.4 Å². The van der Waals surface area contributed by atoms with E-state index in [0.717, 1.165) is 6.42 Å². The van der Waals surface area contributed by atoms with Gasteiger partial charge in [0.15, 0.2) is 0 Å². The predicted octanol–water partition coefficient (Wildman–Crippen LogP) is 2.94. The normalized spacial score (nSPS) is 12.4. The Bertz CT molecular complexity index is 413. The number of carbonyl (C=O) groups excluding carboxylic acids is 1. The number of carbonyl (C=O) groups is 1. The molecular weight excluding hydrogens is 272 g/mol. The molecule has 0 saturated heterocycles. The lowest BCUT2D eigenvalue weighted by atomic mass is 9.84. The highest BCUT2D eigenvalue weighted by Crippen LogP contribution is 2.22. The predicted molar refractivity (Wildman–Crippen MR) is 87.3 cm³/mol. The summed E-state index contributed by atoms with van der Waals surface area (Å²) in [5, 5.41) is 3.00. The van der Waals surface area contributed by atoms with Crippen molar-refractivity contribution in [3.63, 3.8) is 0 Å². The molecule has 0 aliphatic rings. The summed E-state index contributed by atoms with van der Waals surface area (Å²) in [5.41, 5.74) is 8.08. The number of halogens is 1. The van der Waals surface area contributed by atoms with Gasteiger partial charge in [-0.05, 0) is 25.8 Å². The number of rotatable bonds is 6. The van der Waals surface area contributed by atoms with Gasteiger partial charge in [0.05, 0.1) is 0 Å². The van der Waals surface area contributed by atoms with Gasteiger partial charge < -0.3 is 11.1 Å². The van der Waals surface area contributed by atoms with E-state index in [1.54, 1.807) is 0 Å². The van der Waals surface area contributed by atoms with Gasteiger partial charge in [0.2, 0.25) is 5.91 Å². The van der Waals surface area contributed by atoms with Gasteiger partial charge in [-0.25, -0.2) is 0 Å². The maximum Gasteiger partial charge on any atom is 0.220 e. The first kappa shape index (κ1) is 18.9. The summed E-state index contributed by atoms with van der Waals surface area (Å²) < 4.78 is 0. The lowest BCUT2D eigenvalue weighted by molar-refractivity contribution is -0.121. The molecule has 114 valence electrons. The van der Waals surface area contributed by atoms with Crippen LogP contribution in [0.3, 0.4) is 0 Å². The molecule has 20 heavy (non-hydrogen) atoms. The van der Waals surface area contributed by atoms with E-state index in [9.17, 15) is 4.79 Å². The molecule has 1 aromatic rings. The fourth-order valence-corrected chi connectivity index (χ4v) is 1.87. The summed E-state index contributed by atoms with van der Waals surface area (Å²) in [4.78, 5) is 11.7. The Labute approximate surface area is 128 Å². The zero-order chi connectivity index (χ0) is 14.5. The molecule has 0 fully saturated rings. The molecule has 0 spiro atoms. The van der Waals surface area contributed by atoms with Crippen molar-refractivity contribution >= 4 is 18.3 Å². The Kier molecular flexibility index (Phi) is 7.84. The summed E-state index contributed by atoms with van der Waals surface area (Å²) >= 11 is 0. The van der Waals surface area contributed by atoms with Crippen LogP contribution in [0.5, 0.6) is 0 Å². The third-order valence-corrected chi connectivity index (χ3v) is 3.39. The summed E-state index contributed by atoms with van der Waals surface area (Å²) in [6, 6.07) is 8.55. The summed E-state index contributed by atoms with van der Waals surface area (Å²) in [6.07, 6.45) is 1.23. The lowest BCUT2D eigenvalue weighted by Crippen LogP contribution is -2.37. The van der Waals surface area contributed by atoms with Gasteiger partial charge in [0.25, 0.3) is 0 Å². The monoisotopic (exact) mass is 298 g/mol. The fourth-order valence-electron chi connectivity index (χ4n) is 1.87. The zero-order valence-electron chi connectivity index (χ0n) is 12.9. The highest BCUT2D eigenvalue weighted by atomic mass is 35.5. The van der Waals surface area contributed by atoms with E-state index in [4.69, 9.17) is 5.73 Å². The molecule has 0 aliphatic carbocycles. The molecule has 1 atom stereocenters. The third-order valence-electron chi connectivity index (χ3n) is 3.39. The van der Waals surface area contributed by atoms with E-state index in [1.807, 2.05) is 6.92 Å². The minimum atomic E-state index is -0.0578. The minimum Gasteiger partial charge on any atom is -0.355 e. The molecule has 1 unspecified atom stereocenters. The van der Waals surface area contributed by atoms with Crippen molar-refractivity contribution in [1.29, 1.82) is 0 Å². The van der Waals surface area contributed by atoms with E-state index in [1.165, 1.54) is 11.1 Å². The molecule has 1 rings (SSSR count). The van der Waals surface area contributed by atoms with Crippen molar-refractivity contribution in [2.24, 2.45) is 5.73 Å². The van der Waals surface area contributed by atoms with Crippen molar-refractivity contribution in [2.75, 3.05) is 6.54 Å². The Balaban J connectivity index is 0.00000361. The maximum absolute atomic E-state index is 11.7. The van der Waals surface area contributed by atoms with Gasteiger partial charge in [-0.15, -0.1) is 12.4 Å². The first-order valence-electron chi connectivity index (χ1n) is 6.91. The van der Waals surface area contributed by atoms with Crippen LogP contribution >= 0.6 is 12.4 Å². The molecule has 0 aromatic heterocycles. The van der Waals surface area contributed by atoms with Crippen LogP contribution in [0.4, 0.5) is 0 Å². The summed E-state index contributed by atoms with van der Waals surface area (Å²) in [7, 11) is 0. The van der Waals surface area contributed by atoms with Crippen LogP contribution < -0.4 is 11.1 Å². The van der Waals surface area contributed by atoms with Gasteiger partial charge in [-0.3, -0.25) is 4.79 Å². The number of amides is 1. The first-order chi connectivity index (χ1) is 8.81. The Morgan fingerprint density at radius 3 is 2.35 bits per heavy atom. The average Bonchev–Trinajstić information content (AvgIpc) is 2.34. The van der Waals surface area contributed by atoms with Crippen molar-refractivity contribution < 1.29 is 4.79 Å². The number of hydrogen-bond donors (Lipinski definition) is 2. The maximum atomic E-state index is 11.7. The van der Waals surface area contributed by atoms with Gasteiger partial charge in [0.1, 0.15) is 0 Å². The SMILES string of the molecule is Cc1ccc(C(C)(C)CNC(=O)CCC(C)N)cc1.Cl. The number of nitrogens with one attached hydrogen (secondary N) is 1. The van der Waals surface area contributed by atoms with Gasteiger partial charge >= 0.3 is 0 Å². The first-order valence-corrected chi connectivity index (χ1v) is 6.91. The minimum absolute atomic E-state index is 0. The van der Waals surface area contributed by atoms with Crippen LogP contribution in [0.15, 0.2) is 24.3 Å². The molecule has 0 saturated carbocycles. The molecule has 4 heteroatoms. The van der Waals surface area contributed by atoms with E-state index in [2.05, 4.69) is 50.4 Å². The second-order valence-electron chi connectivity index (χ2n) is 6.04. The highest BCUT2D eigenvalue weighted by molar-refractivity contribution is 5.85.